The number of rotatable bonds is 1. The van der Waals surface area contributed by atoms with Crippen LogP contribution in [0.1, 0.15) is 24.8 Å². The van der Waals surface area contributed by atoms with Gasteiger partial charge in [0.15, 0.2) is 5.58 Å². The van der Waals surface area contributed by atoms with Gasteiger partial charge < -0.3 is 9.32 Å². The van der Waals surface area contributed by atoms with Crippen LogP contribution in [0.5, 0.6) is 0 Å². The topological polar surface area (TPSA) is 16.4 Å². The van der Waals surface area contributed by atoms with Crippen molar-refractivity contribution in [2.75, 3.05) is 18.0 Å². The lowest BCUT2D eigenvalue weighted by Crippen LogP contribution is -2.29. The van der Waals surface area contributed by atoms with Crippen molar-refractivity contribution >= 4 is 29.1 Å². The monoisotopic (exact) mass is 305 g/mol. The first-order valence-corrected chi connectivity index (χ1v) is 6.40. The summed E-state index contributed by atoms with van der Waals surface area (Å²) in [5.74, 6) is 0. The van der Waals surface area contributed by atoms with Gasteiger partial charge in [-0.3, -0.25) is 0 Å². The highest BCUT2D eigenvalue weighted by Crippen LogP contribution is 2.39. The molecule has 0 amide bonds. The minimum atomic E-state index is -4.34. The van der Waals surface area contributed by atoms with Crippen LogP contribution in [0.3, 0.4) is 0 Å². The summed E-state index contributed by atoms with van der Waals surface area (Å²) in [4.78, 5) is 2.11. The molecule has 0 spiro atoms. The van der Waals surface area contributed by atoms with Crippen molar-refractivity contribution in [2.24, 2.45) is 0 Å². The maximum Gasteiger partial charge on any atom is 0.417 e. The van der Waals surface area contributed by atoms with Crippen LogP contribution in [0.15, 0.2) is 28.9 Å². The van der Waals surface area contributed by atoms with Crippen molar-refractivity contribution in [3.05, 3.63) is 30.0 Å². The molecule has 0 atom stereocenters. The minimum absolute atomic E-state index is 0. The molecule has 20 heavy (non-hydrogen) atoms. The number of benzene rings is 1. The zero-order chi connectivity index (χ0) is 13.5. The van der Waals surface area contributed by atoms with Gasteiger partial charge >= 0.3 is 6.18 Å². The number of piperidine rings is 1. The summed E-state index contributed by atoms with van der Waals surface area (Å²) in [5.41, 5.74) is 0.487. The SMILES string of the molecule is Cl.FC(F)(F)c1ccc(N2CCCCC2)c2occc12. The Kier molecular flexibility index (Phi) is 4.18. The zero-order valence-electron chi connectivity index (χ0n) is 10.7. The van der Waals surface area contributed by atoms with E-state index < -0.39 is 11.7 Å². The molecule has 1 aliphatic heterocycles. The van der Waals surface area contributed by atoms with E-state index in [1.807, 2.05) is 0 Å². The summed E-state index contributed by atoms with van der Waals surface area (Å²) >= 11 is 0. The van der Waals surface area contributed by atoms with E-state index in [1.54, 1.807) is 0 Å². The van der Waals surface area contributed by atoms with Crippen LogP contribution in [0.2, 0.25) is 0 Å². The second-order valence-electron chi connectivity index (χ2n) is 4.84. The second-order valence-corrected chi connectivity index (χ2v) is 4.84. The molecule has 0 bridgehead atoms. The van der Waals surface area contributed by atoms with Crippen molar-refractivity contribution < 1.29 is 17.6 Å². The predicted octanol–water partition coefficient (Wildman–Crippen LogP) is 4.86. The molecule has 1 aromatic heterocycles. The lowest BCUT2D eigenvalue weighted by atomic mass is 10.1. The molecule has 2 nitrogen and oxygen atoms in total. The summed E-state index contributed by atoms with van der Waals surface area (Å²) in [7, 11) is 0. The highest BCUT2D eigenvalue weighted by atomic mass is 35.5. The van der Waals surface area contributed by atoms with Gasteiger partial charge in [-0.25, -0.2) is 0 Å². The quantitative estimate of drug-likeness (QED) is 0.748. The molecule has 0 radical (unpaired) electrons. The third kappa shape index (κ3) is 2.59. The summed E-state index contributed by atoms with van der Waals surface area (Å²) in [6.07, 6.45) is 0.306. The number of anilines is 1. The molecule has 2 heterocycles. The number of fused-ring (bicyclic) bond motifs is 1. The Morgan fingerprint density at radius 3 is 2.35 bits per heavy atom. The molecule has 6 heteroatoms. The van der Waals surface area contributed by atoms with Crippen LogP contribution in [0, 0.1) is 0 Å². The van der Waals surface area contributed by atoms with Gasteiger partial charge in [-0.15, -0.1) is 12.4 Å². The molecule has 0 unspecified atom stereocenters. The Hall–Kier alpha value is -1.36. The summed E-state index contributed by atoms with van der Waals surface area (Å²) in [6, 6.07) is 4.08. The fraction of sp³-hybridized carbons (Fsp3) is 0.429. The molecule has 2 aromatic rings. The van der Waals surface area contributed by atoms with Crippen molar-refractivity contribution in [3.63, 3.8) is 0 Å². The van der Waals surface area contributed by atoms with Gasteiger partial charge in [-0.1, -0.05) is 0 Å². The highest BCUT2D eigenvalue weighted by Gasteiger charge is 2.34. The Labute approximate surface area is 121 Å². The van der Waals surface area contributed by atoms with E-state index in [0.717, 1.165) is 37.7 Å². The molecular formula is C14H15ClF3NO. The normalized spacial score (nSPS) is 16.2. The van der Waals surface area contributed by atoms with Crippen molar-refractivity contribution in [1.82, 2.24) is 0 Å². The Balaban J connectivity index is 0.00000147. The molecule has 1 saturated heterocycles. The molecule has 0 aliphatic carbocycles. The number of halogens is 4. The van der Waals surface area contributed by atoms with Crippen molar-refractivity contribution in [2.45, 2.75) is 25.4 Å². The molecule has 0 saturated carbocycles. The van der Waals surface area contributed by atoms with Gasteiger partial charge in [-0.05, 0) is 37.5 Å². The number of hydrogen-bond donors (Lipinski definition) is 0. The van der Waals surface area contributed by atoms with E-state index >= 15 is 0 Å². The van der Waals surface area contributed by atoms with E-state index in [1.165, 1.54) is 24.8 Å². The first-order chi connectivity index (χ1) is 9.07. The molecule has 1 aromatic carbocycles. The Morgan fingerprint density at radius 1 is 1.00 bits per heavy atom. The second kappa shape index (κ2) is 5.56. The summed E-state index contributed by atoms with van der Waals surface area (Å²) in [6.45, 7) is 1.75. The van der Waals surface area contributed by atoms with E-state index in [4.69, 9.17) is 4.42 Å². The number of nitrogens with zero attached hydrogens (tertiary/aromatic N) is 1. The first kappa shape index (κ1) is 15.0. The lowest BCUT2D eigenvalue weighted by molar-refractivity contribution is -0.136. The molecule has 1 fully saturated rings. The van der Waals surface area contributed by atoms with Gasteiger partial charge in [0, 0.05) is 18.5 Å². The van der Waals surface area contributed by atoms with Crippen LogP contribution < -0.4 is 4.90 Å². The van der Waals surface area contributed by atoms with Gasteiger partial charge in [-0.2, -0.15) is 13.2 Å². The number of alkyl halides is 3. The maximum atomic E-state index is 12.9. The highest BCUT2D eigenvalue weighted by molar-refractivity contribution is 5.92. The van der Waals surface area contributed by atoms with E-state index in [2.05, 4.69) is 4.90 Å². The predicted molar refractivity (Wildman–Crippen MR) is 74.5 cm³/mol. The Morgan fingerprint density at radius 2 is 1.70 bits per heavy atom. The van der Waals surface area contributed by atoms with Gasteiger partial charge in [0.1, 0.15) is 0 Å². The molecule has 0 N–H and O–H groups in total. The minimum Gasteiger partial charge on any atom is -0.462 e. The third-order valence-electron chi connectivity index (χ3n) is 3.60. The van der Waals surface area contributed by atoms with Crippen LogP contribution in [-0.2, 0) is 6.18 Å². The molecule has 3 rings (SSSR count). The fourth-order valence-corrected chi connectivity index (χ4v) is 2.68. The van der Waals surface area contributed by atoms with E-state index in [0.29, 0.717) is 5.58 Å². The molecule has 110 valence electrons. The largest absolute Gasteiger partial charge is 0.462 e. The average molecular weight is 306 g/mol. The van der Waals surface area contributed by atoms with Gasteiger partial charge in [0.25, 0.3) is 0 Å². The third-order valence-corrected chi connectivity index (χ3v) is 3.60. The number of furan rings is 1. The van der Waals surface area contributed by atoms with E-state index in [9.17, 15) is 13.2 Å². The fourth-order valence-electron chi connectivity index (χ4n) is 2.68. The van der Waals surface area contributed by atoms with Crippen molar-refractivity contribution in [1.29, 1.82) is 0 Å². The lowest BCUT2D eigenvalue weighted by Gasteiger charge is -2.29. The van der Waals surface area contributed by atoms with Crippen LogP contribution in [0.25, 0.3) is 11.0 Å². The van der Waals surface area contributed by atoms with Crippen LogP contribution in [-0.4, -0.2) is 13.1 Å². The first-order valence-electron chi connectivity index (χ1n) is 6.40. The Bertz CT molecular complexity index is 588. The summed E-state index contributed by atoms with van der Waals surface area (Å²) in [5, 5.41) is 0.149. The molecular weight excluding hydrogens is 291 g/mol. The van der Waals surface area contributed by atoms with Gasteiger partial charge in [0.2, 0.25) is 0 Å². The van der Waals surface area contributed by atoms with Gasteiger partial charge in [0.05, 0.1) is 17.5 Å². The number of hydrogen-bond acceptors (Lipinski definition) is 2. The average Bonchev–Trinajstić information content (AvgIpc) is 2.86. The molecule has 1 aliphatic rings. The van der Waals surface area contributed by atoms with Crippen LogP contribution >= 0.6 is 12.4 Å². The standard InChI is InChI=1S/C14H14F3NO.ClH/c15-14(16,17)11-4-5-12(13-10(11)6-9-19-13)18-7-2-1-3-8-18;/h4-6,9H,1-3,7-8H2;1H. The zero-order valence-corrected chi connectivity index (χ0v) is 11.6. The van der Waals surface area contributed by atoms with Crippen molar-refractivity contribution in [3.8, 4) is 0 Å². The summed E-state index contributed by atoms with van der Waals surface area (Å²) < 4.78 is 44.0. The smallest absolute Gasteiger partial charge is 0.417 e. The maximum absolute atomic E-state index is 12.9. The van der Waals surface area contributed by atoms with E-state index in [-0.39, 0.29) is 17.8 Å². The van der Waals surface area contributed by atoms with Crippen LogP contribution in [0.4, 0.5) is 18.9 Å².